The van der Waals surface area contributed by atoms with Crippen molar-refractivity contribution in [2.45, 2.75) is 64.7 Å². The topological polar surface area (TPSA) is 57.6 Å². The highest BCUT2D eigenvalue weighted by molar-refractivity contribution is 8.12. The number of thioether (sulfide) groups is 1. The lowest BCUT2D eigenvalue weighted by molar-refractivity contribution is -0.188. The van der Waals surface area contributed by atoms with Gasteiger partial charge in [0.2, 0.25) is 0 Å². The minimum atomic E-state index is -4.58. The van der Waals surface area contributed by atoms with Crippen LogP contribution in [0.25, 0.3) is 0 Å². The van der Waals surface area contributed by atoms with Crippen LogP contribution in [0, 0.1) is 11.3 Å². The van der Waals surface area contributed by atoms with E-state index in [2.05, 4.69) is 0 Å². The second-order valence-corrected chi connectivity index (χ2v) is 9.45. The summed E-state index contributed by atoms with van der Waals surface area (Å²) in [6.07, 6.45) is -11.8. The highest BCUT2D eigenvalue weighted by atomic mass is 32.2. The van der Waals surface area contributed by atoms with Crippen LogP contribution in [0.1, 0.15) is 40.0 Å². The summed E-state index contributed by atoms with van der Waals surface area (Å²) in [7, 11) is 1.32. The Hall–Kier alpha value is -1.96. The van der Waals surface area contributed by atoms with E-state index in [0.29, 0.717) is 0 Å². The second-order valence-electron chi connectivity index (χ2n) is 8.69. The van der Waals surface area contributed by atoms with E-state index in [9.17, 15) is 54.2 Å². The number of nitrogens with zero attached hydrogens (tertiary/aromatic N) is 1. The van der Waals surface area contributed by atoms with Crippen LogP contribution >= 0.6 is 11.8 Å². The van der Waals surface area contributed by atoms with Gasteiger partial charge < -0.3 is 5.11 Å². The third-order valence-corrected chi connectivity index (χ3v) is 5.33. The molecular formula is C22H28F9NO3S. The number of aliphatic hydroxyl groups is 1. The lowest BCUT2D eigenvalue weighted by Gasteiger charge is -2.26. The van der Waals surface area contributed by atoms with Gasteiger partial charge in [0.1, 0.15) is 5.92 Å². The van der Waals surface area contributed by atoms with Crippen molar-refractivity contribution in [2.75, 3.05) is 13.3 Å². The van der Waals surface area contributed by atoms with E-state index in [0.717, 1.165) is 42.7 Å². The van der Waals surface area contributed by atoms with Crippen molar-refractivity contribution in [1.29, 1.82) is 0 Å². The van der Waals surface area contributed by atoms with Gasteiger partial charge in [0.25, 0.3) is 11.1 Å². The number of hydrogen-bond acceptors (Lipinski definition) is 4. The first-order valence-corrected chi connectivity index (χ1v) is 11.6. The number of halogens is 9. The molecule has 14 heteroatoms. The SMILES string of the molecule is CC(C)(CC(F)(F)F)CC(F)(F)F.CC/C(=C\C1=CC(C(F)(F)F)C(O)C=C1)C(=O)N(C)C(=O)SC. The molecule has 0 spiro atoms. The zero-order chi connectivity index (χ0) is 28.7. The van der Waals surface area contributed by atoms with Gasteiger partial charge in [-0.3, -0.25) is 14.5 Å². The largest absolute Gasteiger partial charge is 0.397 e. The maximum atomic E-state index is 12.8. The summed E-state index contributed by atoms with van der Waals surface area (Å²) in [6, 6.07) is 0. The van der Waals surface area contributed by atoms with Crippen molar-refractivity contribution in [3.63, 3.8) is 0 Å². The average molecular weight is 558 g/mol. The van der Waals surface area contributed by atoms with E-state index >= 15 is 0 Å². The lowest BCUT2D eigenvalue weighted by atomic mass is 9.85. The minimum absolute atomic E-state index is 0.174. The number of carbonyl (C=O) groups excluding carboxylic acids is 2. The smallest absolute Gasteiger partial charge is 0.388 e. The van der Waals surface area contributed by atoms with Gasteiger partial charge in [-0.1, -0.05) is 50.8 Å². The molecule has 2 unspecified atom stereocenters. The summed E-state index contributed by atoms with van der Waals surface area (Å²) < 4.78 is 109. The molecule has 208 valence electrons. The van der Waals surface area contributed by atoms with Crippen LogP contribution in [0.15, 0.2) is 35.5 Å². The average Bonchev–Trinajstić information content (AvgIpc) is 2.67. The van der Waals surface area contributed by atoms with E-state index in [-0.39, 0.29) is 17.6 Å². The highest BCUT2D eigenvalue weighted by Gasteiger charge is 2.44. The van der Waals surface area contributed by atoms with E-state index in [1.165, 1.54) is 25.5 Å². The number of likely N-dealkylation sites (N-methyl/N-ethyl adjacent to an activating group) is 1. The Labute approximate surface area is 207 Å². The van der Waals surface area contributed by atoms with Crippen LogP contribution in [-0.2, 0) is 4.79 Å². The van der Waals surface area contributed by atoms with E-state index in [4.69, 9.17) is 0 Å². The van der Waals surface area contributed by atoms with E-state index in [1.54, 1.807) is 6.92 Å². The number of rotatable bonds is 5. The van der Waals surface area contributed by atoms with Gasteiger partial charge >= 0.3 is 18.5 Å². The molecule has 0 aromatic rings. The van der Waals surface area contributed by atoms with Gasteiger partial charge in [-0.05, 0) is 29.7 Å². The summed E-state index contributed by atoms with van der Waals surface area (Å²) in [6.45, 7) is 3.58. The van der Waals surface area contributed by atoms with Crippen LogP contribution in [0.4, 0.5) is 44.3 Å². The summed E-state index contributed by atoms with van der Waals surface area (Å²) in [4.78, 5) is 24.6. The Morgan fingerprint density at radius 3 is 1.86 bits per heavy atom. The molecule has 0 aromatic carbocycles. The fourth-order valence-electron chi connectivity index (χ4n) is 3.17. The Kier molecular flexibility index (Phi) is 12.3. The standard InChI is InChI=1S/C15H18F3NO3S.C7H10F6/c1-4-10(13(21)19(2)14(22)23-3)7-9-5-6-12(20)11(8-9)15(16,17)18;1-5(2,3-6(8,9)10)4-7(11,12)13/h5-8,11-12,20H,4H2,1-3H3;3-4H2,1-2H3/b10-7+;. The lowest BCUT2D eigenvalue weighted by Crippen LogP contribution is -2.33. The number of allylic oxidation sites excluding steroid dienone is 3. The van der Waals surface area contributed by atoms with E-state index in [1.807, 2.05) is 0 Å². The van der Waals surface area contributed by atoms with Crippen LogP contribution in [-0.4, -0.2) is 59.1 Å². The molecule has 4 nitrogen and oxygen atoms in total. The minimum Gasteiger partial charge on any atom is -0.388 e. The molecule has 0 radical (unpaired) electrons. The number of alkyl halides is 9. The molecule has 0 aliphatic heterocycles. The van der Waals surface area contributed by atoms with Crippen LogP contribution in [0.3, 0.4) is 0 Å². The summed E-state index contributed by atoms with van der Waals surface area (Å²) in [5.41, 5.74) is -1.40. The Balaban J connectivity index is 0.000000802. The molecule has 2 amide bonds. The van der Waals surface area contributed by atoms with Gasteiger partial charge in [0, 0.05) is 25.5 Å². The van der Waals surface area contributed by atoms with Crippen molar-refractivity contribution in [3.05, 3.63) is 35.5 Å². The molecule has 0 heterocycles. The zero-order valence-corrected chi connectivity index (χ0v) is 20.9. The maximum absolute atomic E-state index is 12.8. The number of hydrogen-bond donors (Lipinski definition) is 1. The first kappa shape index (κ1) is 34.0. The quantitative estimate of drug-likeness (QED) is 0.287. The molecule has 1 aliphatic rings. The van der Waals surface area contributed by atoms with Gasteiger partial charge in [-0.15, -0.1) is 0 Å². The molecule has 1 aliphatic carbocycles. The predicted octanol–water partition coefficient (Wildman–Crippen LogP) is 7.22. The van der Waals surface area contributed by atoms with E-state index < -0.39 is 60.0 Å². The molecule has 0 saturated carbocycles. The zero-order valence-electron chi connectivity index (χ0n) is 20.1. The molecule has 2 atom stereocenters. The molecule has 0 fully saturated rings. The van der Waals surface area contributed by atoms with Gasteiger partial charge in [-0.2, -0.15) is 39.5 Å². The number of carbonyl (C=O) groups is 2. The van der Waals surface area contributed by atoms with Crippen molar-refractivity contribution >= 4 is 22.9 Å². The summed E-state index contributed by atoms with van der Waals surface area (Å²) >= 11 is 0.868. The maximum Gasteiger partial charge on any atom is 0.397 e. The molecule has 1 N–H and O–H groups in total. The van der Waals surface area contributed by atoms with Crippen molar-refractivity contribution in [1.82, 2.24) is 4.90 Å². The fraction of sp³-hybridized carbons (Fsp3) is 0.636. The first-order chi connectivity index (χ1) is 16.0. The number of amides is 2. The van der Waals surface area contributed by atoms with Gasteiger partial charge in [0.05, 0.1) is 6.10 Å². The molecule has 1 rings (SSSR count). The summed E-state index contributed by atoms with van der Waals surface area (Å²) in [5, 5.41) is 8.97. The fourth-order valence-corrected chi connectivity index (χ4v) is 3.53. The van der Waals surface area contributed by atoms with Crippen molar-refractivity contribution in [3.8, 4) is 0 Å². The second kappa shape index (κ2) is 13.0. The predicted molar refractivity (Wildman–Crippen MR) is 118 cm³/mol. The number of imide groups is 1. The normalized spacial score (nSPS) is 19.3. The monoisotopic (exact) mass is 557 g/mol. The third-order valence-electron chi connectivity index (χ3n) is 4.71. The first-order valence-electron chi connectivity index (χ1n) is 10.4. The molecule has 0 saturated heterocycles. The van der Waals surface area contributed by atoms with Gasteiger partial charge in [0.15, 0.2) is 0 Å². The van der Waals surface area contributed by atoms with Crippen LogP contribution in [0.2, 0.25) is 0 Å². The third kappa shape index (κ3) is 12.8. The molecule has 0 bridgehead atoms. The van der Waals surface area contributed by atoms with Crippen molar-refractivity contribution in [2.24, 2.45) is 11.3 Å². The van der Waals surface area contributed by atoms with Crippen LogP contribution in [0.5, 0.6) is 0 Å². The summed E-state index contributed by atoms with van der Waals surface area (Å²) in [5.74, 6) is -2.58. The van der Waals surface area contributed by atoms with Crippen LogP contribution < -0.4 is 0 Å². The van der Waals surface area contributed by atoms with Crippen molar-refractivity contribution < 1.29 is 54.2 Å². The van der Waals surface area contributed by atoms with Gasteiger partial charge in [-0.25, -0.2) is 0 Å². The molecule has 0 aromatic heterocycles. The molecular weight excluding hydrogens is 529 g/mol. The molecule has 36 heavy (non-hydrogen) atoms. The Bertz CT molecular complexity index is 838. The Morgan fingerprint density at radius 1 is 1.03 bits per heavy atom. The number of aliphatic hydroxyl groups excluding tert-OH is 1. The Morgan fingerprint density at radius 2 is 1.50 bits per heavy atom. The highest BCUT2D eigenvalue weighted by Crippen LogP contribution is 2.41.